The maximum absolute atomic E-state index is 13.9. The molecule has 0 radical (unpaired) electrons. The summed E-state index contributed by atoms with van der Waals surface area (Å²) in [5, 5.41) is 8.59. The minimum atomic E-state index is -0.507. The van der Waals surface area contributed by atoms with E-state index in [1.165, 1.54) is 28.2 Å². The Morgan fingerprint density at radius 1 is 1.41 bits per heavy atom. The Morgan fingerprint density at radius 3 is 3.04 bits per heavy atom. The molecule has 0 saturated carbocycles. The van der Waals surface area contributed by atoms with Crippen molar-refractivity contribution in [3.63, 3.8) is 0 Å². The molecule has 1 aliphatic heterocycles. The van der Waals surface area contributed by atoms with Crippen molar-refractivity contribution in [3.8, 4) is 5.75 Å². The molecule has 1 aliphatic rings. The van der Waals surface area contributed by atoms with E-state index in [9.17, 15) is 9.18 Å². The summed E-state index contributed by atoms with van der Waals surface area (Å²) in [7, 11) is 0. The van der Waals surface area contributed by atoms with Crippen molar-refractivity contribution in [2.24, 2.45) is 5.73 Å². The predicted octanol–water partition coefficient (Wildman–Crippen LogP) is 2.01. The number of hydrogen-bond donors (Lipinski definition) is 2. The summed E-state index contributed by atoms with van der Waals surface area (Å²) >= 11 is 6.19. The van der Waals surface area contributed by atoms with Gasteiger partial charge in [-0.15, -0.1) is 0 Å². The van der Waals surface area contributed by atoms with Crippen LogP contribution in [-0.2, 0) is 17.9 Å². The van der Waals surface area contributed by atoms with Crippen LogP contribution in [0.1, 0.15) is 5.56 Å². The normalized spacial score (nSPS) is 12.6. The van der Waals surface area contributed by atoms with Crippen molar-refractivity contribution < 1.29 is 14.0 Å². The summed E-state index contributed by atoms with van der Waals surface area (Å²) in [6, 6.07) is 4.69. The van der Waals surface area contributed by atoms with Gasteiger partial charge < -0.3 is 15.9 Å². The second-order valence-corrected chi connectivity index (χ2v) is 6.15. The zero-order valence-electron chi connectivity index (χ0n) is 13.8. The first kappa shape index (κ1) is 17.0. The fourth-order valence-electron chi connectivity index (χ4n) is 2.59. The van der Waals surface area contributed by atoms with Crippen LogP contribution in [0.4, 0.5) is 21.8 Å². The monoisotopic (exact) mass is 389 g/mol. The van der Waals surface area contributed by atoms with Gasteiger partial charge in [-0.05, 0) is 6.07 Å². The second-order valence-electron chi connectivity index (χ2n) is 5.74. The van der Waals surface area contributed by atoms with E-state index < -0.39 is 11.7 Å². The molecule has 0 bridgehead atoms. The van der Waals surface area contributed by atoms with Gasteiger partial charge in [0.1, 0.15) is 11.6 Å². The number of primary amides is 1. The molecule has 9 nitrogen and oxygen atoms in total. The third-order valence-corrected chi connectivity index (χ3v) is 4.00. The highest BCUT2D eigenvalue weighted by atomic mass is 35.5. The van der Waals surface area contributed by atoms with Crippen LogP contribution < -0.4 is 21.0 Å². The molecule has 1 aromatic carbocycles. The lowest BCUT2D eigenvalue weighted by molar-refractivity contribution is -0.118. The zero-order chi connectivity index (χ0) is 19.0. The Labute approximate surface area is 157 Å². The number of benzene rings is 1. The molecule has 0 spiro atoms. The summed E-state index contributed by atoms with van der Waals surface area (Å²) in [5.74, 6) is -0.301. The van der Waals surface area contributed by atoms with E-state index in [1.54, 1.807) is 18.3 Å². The van der Waals surface area contributed by atoms with E-state index in [-0.39, 0.29) is 29.1 Å². The number of nitrogens with zero attached hydrogens (tertiary/aromatic N) is 5. The highest BCUT2D eigenvalue weighted by molar-refractivity contribution is 6.32. The lowest BCUT2D eigenvalue weighted by Crippen LogP contribution is -2.22. The van der Waals surface area contributed by atoms with E-state index in [2.05, 4.69) is 20.4 Å². The standard InChI is InChI=1S/C16H13ClFN7O2/c17-11-5-20-16(22-10-4-21-24(7-10)8-13(19)26)23-15(11)25-6-9-2-1-3-12(18)14(9)27-25/h1-5,7H,6,8H2,(H2,19,26)(H,20,22,23). The van der Waals surface area contributed by atoms with Crippen LogP contribution in [-0.4, -0.2) is 25.7 Å². The summed E-state index contributed by atoms with van der Waals surface area (Å²) in [6.07, 6.45) is 4.49. The fraction of sp³-hybridized carbons (Fsp3) is 0.125. The number of anilines is 3. The van der Waals surface area contributed by atoms with E-state index in [0.717, 1.165) is 0 Å². The molecule has 3 N–H and O–H groups in total. The van der Waals surface area contributed by atoms with E-state index in [4.69, 9.17) is 22.2 Å². The number of hydroxylamine groups is 1. The summed E-state index contributed by atoms with van der Waals surface area (Å²) in [4.78, 5) is 24.9. The van der Waals surface area contributed by atoms with Crippen molar-refractivity contribution in [3.05, 3.63) is 53.2 Å². The van der Waals surface area contributed by atoms with Gasteiger partial charge in [0.05, 0.1) is 24.6 Å². The van der Waals surface area contributed by atoms with Gasteiger partial charge in [-0.2, -0.15) is 15.1 Å². The minimum absolute atomic E-state index is 0.0418. The number of halogens is 2. The SMILES string of the molecule is NC(=O)Cn1cc(Nc2ncc(Cl)c(N3Cc4cccc(F)c4O3)n2)cn1. The number of nitrogens with two attached hydrogens (primary N) is 1. The Hall–Kier alpha value is -3.40. The summed E-state index contributed by atoms with van der Waals surface area (Å²) in [6.45, 7) is 0.250. The lowest BCUT2D eigenvalue weighted by Gasteiger charge is -2.17. The Balaban J connectivity index is 1.55. The smallest absolute Gasteiger partial charge is 0.239 e. The third kappa shape index (κ3) is 3.47. The van der Waals surface area contributed by atoms with Crippen LogP contribution in [0.5, 0.6) is 5.75 Å². The van der Waals surface area contributed by atoms with E-state index >= 15 is 0 Å². The molecule has 3 aromatic rings. The van der Waals surface area contributed by atoms with Crippen LogP contribution in [0.25, 0.3) is 0 Å². The van der Waals surface area contributed by atoms with Crippen LogP contribution in [0, 0.1) is 5.82 Å². The first-order valence-corrected chi connectivity index (χ1v) is 8.20. The Morgan fingerprint density at radius 2 is 2.26 bits per heavy atom. The molecule has 0 saturated heterocycles. The van der Waals surface area contributed by atoms with Crippen molar-refractivity contribution >= 4 is 35.0 Å². The molecular weight excluding hydrogens is 377 g/mol. The first-order chi connectivity index (χ1) is 13.0. The maximum atomic E-state index is 13.9. The molecule has 4 rings (SSSR count). The lowest BCUT2D eigenvalue weighted by atomic mass is 10.2. The number of aromatic nitrogens is 4. The number of fused-ring (bicyclic) bond motifs is 1. The molecule has 0 unspecified atom stereocenters. The molecule has 138 valence electrons. The van der Waals surface area contributed by atoms with Gasteiger partial charge in [0.2, 0.25) is 11.9 Å². The number of carbonyl (C=O) groups excluding carboxylic acids is 1. The van der Waals surface area contributed by atoms with Gasteiger partial charge in [0.15, 0.2) is 17.4 Å². The number of nitrogens with one attached hydrogen (secondary N) is 1. The van der Waals surface area contributed by atoms with Crippen LogP contribution in [0.15, 0.2) is 36.8 Å². The summed E-state index contributed by atoms with van der Waals surface area (Å²) in [5.41, 5.74) is 6.38. The molecule has 0 aliphatic carbocycles. The molecular formula is C16H13ClFN7O2. The van der Waals surface area contributed by atoms with Crippen molar-refractivity contribution in [1.29, 1.82) is 0 Å². The second kappa shape index (κ2) is 6.72. The van der Waals surface area contributed by atoms with Crippen molar-refractivity contribution in [2.45, 2.75) is 13.1 Å². The first-order valence-electron chi connectivity index (χ1n) is 7.83. The highest BCUT2D eigenvalue weighted by Crippen LogP contribution is 2.35. The topological polar surface area (TPSA) is 111 Å². The third-order valence-electron chi connectivity index (χ3n) is 3.73. The average Bonchev–Trinajstić information content (AvgIpc) is 3.24. The molecule has 2 aromatic heterocycles. The zero-order valence-corrected chi connectivity index (χ0v) is 14.5. The summed E-state index contributed by atoms with van der Waals surface area (Å²) < 4.78 is 15.2. The predicted molar refractivity (Wildman–Crippen MR) is 95.0 cm³/mol. The minimum Gasteiger partial charge on any atom is -0.374 e. The van der Waals surface area contributed by atoms with Gasteiger partial charge in [-0.3, -0.25) is 9.48 Å². The van der Waals surface area contributed by atoms with Crippen molar-refractivity contribution in [2.75, 3.05) is 10.4 Å². The number of rotatable bonds is 5. The Kier molecular flexibility index (Phi) is 4.24. The quantitative estimate of drug-likeness (QED) is 0.686. The molecule has 0 atom stereocenters. The van der Waals surface area contributed by atoms with E-state index in [1.807, 2.05) is 0 Å². The largest absolute Gasteiger partial charge is 0.374 e. The fourth-order valence-corrected chi connectivity index (χ4v) is 2.78. The van der Waals surface area contributed by atoms with Gasteiger partial charge in [-0.25, -0.2) is 9.37 Å². The molecule has 3 heterocycles. The molecule has 1 amide bonds. The Bertz CT molecular complexity index is 1030. The van der Waals surface area contributed by atoms with Gasteiger partial charge in [0.25, 0.3) is 0 Å². The van der Waals surface area contributed by atoms with Gasteiger partial charge in [0, 0.05) is 11.8 Å². The van der Waals surface area contributed by atoms with Gasteiger partial charge in [-0.1, -0.05) is 23.7 Å². The number of carbonyl (C=O) groups is 1. The average molecular weight is 390 g/mol. The molecule has 0 fully saturated rings. The van der Waals surface area contributed by atoms with E-state index in [0.29, 0.717) is 17.8 Å². The number of para-hydroxylation sites is 1. The molecule has 11 heteroatoms. The molecule has 27 heavy (non-hydrogen) atoms. The van der Waals surface area contributed by atoms with Gasteiger partial charge >= 0.3 is 0 Å². The number of amides is 1. The van der Waals surface area contributed by atoms with Crippen LogP contribution >= 0.6 is 11.6 Å². The van der Waals surface area contributed by atoms with Crippen LogP contribution in [0.3, 0.4) is 0 Å². The van der Waals surface area contributed by atoms with Crippen LogP contribution in [0.2, 0.25) is 5.02 Å². The number of hydrogen-bond acceptors (Lipinski definition) is 7. The van der Waals surface area contributed by atoms with Crippen molar-refractivity contribution in [1.82, 2.24) is 19.7 Å². The highest BCUT2D eigenvalue weighted by Gasteiger charge is 2.27. The maximum Gasteiger partial charge on any atom is 0.239 e.